The molecule has 0 bridgehead atoms. The summed E-state index contributed by atoms with van der Waals surface area (Å²) in [5, 5.41) is 11.8. The van der Waals surface area contributed by atoms with E-state index in [9.17, 15) is 14.7 Å². The Balaban J connectivity index is 1.93. The second-order valence-electron chi connectivity index (χ2n) is 8.73. The number of Topliss-reactive ketones (excluding diaryl/α,β-unsaturated/α-hetero) is 1. The minimum Gasteiger partial charge on any atom is -0.507 e. The van der Waals surface area contributed by atoms with Crippen molar-refractivity contribution in [1.29, 1.82) is 0 Å². The highest BCUT2D eigenvalue weighted by Gasteiger charge is 2.47. The van der Waals surface area contributed by atoms with Crippen LogP contribution in [0.1, 0.15) is 42.1 Å². The van der Waals surface area contributed by atoms with Crippen LogP contribution in [-0.2, 0) is 9.59 Å². The summed E-state index contributed by atoms with van der Waals surface area (Å²) in [5.41, 5.74) is 4.79. The molecule has 5 nitrogen and oxygen atoms in total. The summed E-state index contributed by atoms with van der Waals surface area (Å²) in [6, 6.07) is 19.5. The first-order valence-corrected chi connectivity index (χ1v) is 12.1. The van der Waals surface area contributed by atoms with Crippen LogP contribution in [-0.4, -0.2) is 29.9 Å². The Morgan fingerprint density at radius 2 is 1.57 bits per heavy atom. The minimum absolute atomic E-state index is 0.0637. The van der Waals surface area contributed by atoms with Gasteiger partial charge in [-0.3, -0.25) is 14.5 Å². The van der Waals surface area contributed by atoms with Crippen molar-refractivity contribution >= 4 is 40.4 Å². The van der Waals surface area contributed by atoms with Gasteiger partial charge in [0.25, 0.3) is 11.7 Å². The average molecular weight is 489 g/mol. The predicted molar refractivity (Wildman–Crippen MR) is 142 cm³/mol. The number of aliphatic hydroxyl groups excluding tert-OH is 1. The van der Waals surface area contributed by atoms with Gasteiger partial charge in [0.1, 0.15) is 5.76 Å². The SMILES string of the molecule is CCN(CC)c1ccc(C2/C(=C(\O)c3ccc(Cl)cc3)C(=O)C(=O)N2c2cc(C)ccc2C)cc1. The van der Waals surface area contributed by atoms with Crippen molar-refractivity contribution in [2.75, 3.05) is 22.9 Å². The van der Waals surface area contributed by atoms with Crippen LogP contribution in [0.5, 0.6) is 0 Å². The summed E-state index contributed by atoms with van der Waals surface area (Å²) >= 11 is 6.02. The second kappa shape index (κ2) is 9.96. The molecule has 1 aliphatic heterocycles. The number of hydrogen-bond donors (Lipinski definition) is 1. The Kier molecular flexibility index (Phi) is 6.99. The number of hydrogen-bond acceptors (Lipinski definition) is 4. The maximum atomic E-state index is 13.4. The van der Waals surface area contributed by atoms with Gasteiger partial charge in [0, 0.05) is 35.1 Å². The van der Waals surface area contributed by atoms with Gasteiger partial charge in [-0.15, -0.1) is 0 Å². The third-order valence-corrected chi connectivity index (χ3v) is 6.78. The quantitative estimate of drug-likeness (QED) is 0.247. The van der Waals surface area contributed by atoms with Gasteiger partial charge >= 0.3 is 0 Å². The number of aryl methyl sites for hydroxylation is 2. The summed E-state index contributed by atoms with van der Waals surface area (Å²) in [7, 11) is 0. The van der Waals surface area contributed by atoms with Gasteiger partial charge in [0.2, 0.25) is 0 Å². The Hall–Kier alpha value is -3.57. The molecule has 35 heavy (non-hydrogen) atoms. The lowest BCUT2D eigenvalue weighted by Gasteiger charge is -2.28. The van der Waals surface area contributed by atoms with Crippen LogP contribution in [0.2, 0.25) is 5.02 Å². The Morgan fingerprint density at radius 3 is 2.17 bits per heavy atom. The summed E-state index contributed by atoms with van der Waals surface area (Å²) in [6.07, 6.45) is 0. The topological polar surface area (TPSA) is 60.9 Å². The molecule has 0 aliphatic carbocycles. The Bertz CT molecular complexity index is 1290. The zero-order chi connectivity index (χ0) is 25.3. The zero-order valence-electron chi connectivity index (χ0n) is 20.4. The molecular formula is C29H29ClN2O3. The Morgan fingerprint density at radius 1 is 0.943 bits per heavy atom. The number of anilines is 2. The maximum Gasteiger partial charge on any atom is 0.300 e. The van der Waals surface area contributed by atoms with Crippen LogP contribution < -0.4 is 9.80 Å². The number of halogens is 1. The zero-order valence-corrected chi connectivity index (χ0v) is 21.1. The molecule has 4 rings (SSSR count). The maximum absolute atomic E-state index is 13.4. The lowest BCUT2D eigenvalue weighted by atomic mass is 9.94. The molecule has 0 aromatic heterocycles. The minimum atomic E-state index is -0.767. The fourth-order valence-electron chi connectivity index (χ4n) is 4.59. The number of nitrogens with zero attached hydrogens (tertiary/aromatic N) is 2. The molecule has 1 aliphatic rings. The molecule has 1 amide bonds. The van der Waals surface area contributed by atoms with Gasteiger partial charge in [-0.1, -0.05) is 35.9 Å². The normalized spacial score (nSPS) is 17.2. The molecule has 180 valence electrons. The van der Waals surface area contributed by atoms with Crippen LogP contribution in [0, 0.1) is 13.8 Å². The molecule has 1 N–H and O–H groups in total. The lowest BCUT2D eigenvalue weighted by Crippen LogP contribution is -2.30. The van der Waals surface area contributed by atoms with Crippen molar-refractivity contribution in [3.05, 3.63) is 99.6 Å². The number of ketones is 1. The van der Waals surface area contributed by atoms with E-state index in [1.165, 1.54) is 4.90 Å². The molecule has 1 atom stereocenters. The second-order valence-corrected chi connectivity index (χ2v) is 9.17. The fourth-order valence-corrected chi connectivity index (χ4v) is 4.72. The molecule has 0 spiro atoms. The van der Waals surface area contributed by atoms with E-state index in [0.29, 0.717) is 16.3 Å². The van der Waals surface area contributed by atoms with Crippen molar-refractivity contribution < 1.29 is 14.7 Å². The van der Waals surface area contributed by atoms with Crippen LogP contribution in [0.3, 0.4) is 0 Å². The van der Waals surface area contributed by atoms with E-state index in [-0.39, 0.29) is 11.3 Å². The van der Waals surface area contributed by atoms with Crippen molar-refractivity contribution in [1.82, 2.24) is 0 Å². The van der Waals surface area contributed by atoms with Gasteiger partial charge in [0.05, 0.1) is 11.6 Å². The smallest absolute Gasteiger partial charge is 0.300 e. The summed E-state index contributed by atoms with van der Waals surface area (Å²) in [4.78, 5) is 30.5. The molecule has 1 saturated heterocycles. The number of carbonyl (C=O) groups excluding carboxylic acids is 2. The van der Waals surface area contributed by atoms with Gasteiger partial charge < -0.3 is 10.0 Å². The summed E-state index contributed by atoms with van der Waals surface area (Å²) in [5.74, 6) is -1.59. The number of rotatable bonds is 6. The molecule has 3 aromatic rings. The van der Waals surface area contributed by atoms with Gasteiger partial charge in [-0.2, -0.15) is 0 Å². The molecule has 1 fully saturated rings. The van der Waals surface area contributed by atoms with Crippen LogP contribution in [0.25, 0.3) is 5.76 Å². The van der Waals surface area contributed by atoms with E-state index in [1.807, 2.05) is 56.3 Å². The molecule has 6 heteroatoms. The highest BCUT2D eigenvalue weighted by molar-refractivity contribution is 6.51. The van der Waals surface area contributed by atoms with E-state index in [0.717, 1.165) is 35.5 Å². The van der Waals surface area contributed by atoms with Crippen molar-refractivity contribution in [2.45, 2.75) is 33.7 Å². The largest absolute Gasteiger partial charge is 0.507 e. The van der Waals surface area contributed by atoms with Crippen LogP contribution in [0.4, 0.5) is 11.4 Å². The highest BCUT2D eigenvalue weighted by Crippen LogP contribution is 2.43. The van der Waals surface area contributed by atoms with E-state index in [4.69, 9.17) is 11.6 Å². The first kappa shape index (κ1) is 24.6. The van der Waals surface area contributed by atoms with E-state index in [2.05, 4.69) is 18.7 Å². The highest BCUT2D eigenvalue weighted by atomic mass is 35.5. The predicted octanol–water partition coefficient (Wildman–Crippen LogP) is 6.43. The van der Waals surface area contributed by atoms with Gasteiger partial charge in [-0.05, 0) is 86.8 Å². The van der Waals surface area contributed by atoms with Crippen molar-refractivity contribution in [3.63, 3.8) is 0 Å². The van der Waals surface area contributed by atoms with Crippen LogP contribution in [0.15, 0.2) is 72.3 Å². The summed E-state index contributed by atoms with van der Waals surface area (Å²) < 4.78 is 0. The molecule has 1 unspecified atom stereocenters. The number of amides is 1. The number of carbonyl (C=O) groups is 2. The first-order chi connectivity index (χ1) is 16.8. The van der Waals surface area contributed by atoms with Crippen molar-refractivity contribution in [3.8, 4) is 0 Å². The molecule has 0 saturated carbocycles. The standard InChI is InChI=1S/C29H29ClN2O3/c1-5-31(6-2)23-15-11-20(12-16-23)26-25(27(33)21-9-13-22(30)14-10-21)28(34)29(35)32(26)24-17-18(3)7-8-19(24)4/h7-17,26,33H,5-6H2,1-4H3/b27-25+. The molecule has 0 radical (unpaired) electrons. The van der Waals surface area contributed by atoms with Crippen LogP contribution >= 0.6 is 11.6 Å². The monoisotopic (exact) mass is 488 g/mol. The van der Waals surface area contributed by atoms with E-state index in [1.54, 1.807) is 24.3 Å². The third kappa shape index (κ3) is 4.56. The number of aliphatic hydroxyl groups is 1. The third-order valence-electron chi connectivity index (χ3n) is 6.52. The van der Waals surface area contributed by atoms with E-state index >= 15 is 0 Å². The first-order valence-electron chi connectivity index (χ1n) is 11.8. The van der Waals surface area contributed by atoms with Gasteiger partial charge in [-0.25, -0.2) is 0 Å². The molecular weight excluding hydrogens is 460 g/mol. The van der Waals surface area contributed by atoms with E-state index < -0.39 is 17.7 Å². The lowest BCUT2D eigenvalue weighted by molar-refractivity contribution is -0.132. The Labute approximate surface area is 211 Å². The molecule has 1 heterocycles. The fraction of sp³-hybridized carbons (Fsp3) is 0.241. The van der Waals surface area contributed by atoms with Gasteiger partial charge in [0.15, 0.2) is 0 Å². The summed E-state index contributed by atoms with van der Waals surface area (Å²) in [6.45, 7) is 9.79. The van der Waals surface area contributed by atoms with Crippen molar-refractivity contribution in [2.24, 2.45) is 0 Å². The number of benzene rings is 3. The average Bonchev–Trinajstić information content (AvgIpc) is 3.12. The molecule has 3 aromatic carbocycles.